The zero-order valence-electron chi connectivity index (χ0n) is 19.5. The number of carboxylic acid groups (broad SMARTS) is 1. The van der Waals surface area contributed by atoms with Crippen LogP contribution in [0.3, 0.4) is 0 Å². The third-order valence-corrected chi connectivity index (χ3v) is 6.60. The number of aliphatic imine (C=N–C) groups is 1. The molecule has 2 atom stereocenters. The number of unbranched alkanes of at least 4 members (excludes halogenated alkanes) is 15. The maximum absolute atomic E-state index is 11.7. The van der Waals surface area contributed by atoms with Gasteiger partial charge in [0.1, 0.15) is 6.20 Å². The third-order valence-electron chi connectivity index (χ3n) is 6.60. The molecule has 1 N–H and O–H groups in total. The van der Waals surface area contributed by atoms with E-state index < -0.39 is 12.0 Å². The molecule has 1 rings (SSSR count). The zero-order valence-corrected chi connectivity index (χ0v) is 19.5. The summed E-state index contributed by atoms with van der Waals surface area (Å²) in [5.41, 5.74) is 0. The Kier molecular flexibility index (Phi) is 14.0. The average Bonchev–Trinajstić information content (AvgIpc) is 3.03. The highest BCUT2D eigenvalue weighted by atomic mass is 16.4. The molecule has 0 spiro atoms. The first kappa shape index (κ1) is 25.9. The van der Waals surface area contributed by atoms with Gasteiger partial charge in [0, 0.05) is 13.3 Å². The second kappa shape index (κ2) is 15.6. The van der Waals surface area contributed by atoms with E-state index in [-0.39, 0.29) is 0 Å². The minimum absolute atomic E-state index is 0.327. The molecule has 0 amide bonds. The zero-order chi connectivity index (χ0) is 21.4. The summed E-state index contributed by atoms with van der Waals surface area (Å²) in [4.78, 5) is 16.0. The molecule has 29 heavy (non-hydrogen) atoms. The Morgan fingerprint density at radius 1 is 0.862 bits per heavy atom. The number of likely N-dealkylation sites (N-methyl/N-ethyl adjacent to an activating group) is 1. The fourth-order valence-electron chi connectivity index (χ4n) is 4.35. The Morgan fingerprint density at radius 3 is 1.62 bits per heavy atom. The van der Waals surface area contributed by atoms with Gasteiger partial charge in [-0.25, -0.2) is 14.3 Å². The van der Waals surface area contributed by atoms with Crippen LogP contribution in [0, 0.1) is 0 Å². The molecule has 168 valence electrons. The largest absolute Gasteiger partial charge is 0.477 e. The number of hydrogen-bond donors (Lipinski definition) is 1. The van der Waals surface area contributed by atoms with E-state index in [1.54, 1.807) is 6.20 Å². The van der Waals surface area contributed by atoms with Crippen LogP contribution in [0.2, 0.25) is 0 Å². The Labute approximate surface area is 180 Å². The molecule has 0 aromatic heterocycles. The second-order valence-electron chi connectivity index (χ2n) is 9.07. The van der Waals surface area contributed by atoms with Crippen LogP contribution < -0.4 is 0 Å². The quantitative estimate of drug-likeness (QED) is 0.179. The van der Waals surface area contributed by atoms with Gasteiger partial charge in [-0.05, 0) is 6.42 Å². The molecule has 0 saturated heterocycles. The second-order valence-corrected chi connectivity index (χ2v) is 9.07. The lowest BCUT2D eigenvalue weighted by Crippen LogP contribution is -2.53. The minimum atomic E-state index is -0.713. The fraction of sp³-hybridized carbons (Fsp3) is 0.840. The Bertz CT molecular complexity index is 501. The third kappa shape index (κ3) is 10.4. The summed E-state index contributed by atoms with van der Waals surface area (Å²) >= 11 is 0. The molecule has 1 aliphatic heterocycles. The van der Waals surface area contributed by atoms with Crippen molar-refractivity contribution >= 4 is 11.8 Å². The number of nitrogens with zero attached hydrogens (tertiary/aromatic N) is 2. The van der Waals surface area contributed by atoms with Gasteiger partial charge in [0.25, 0.3) is 0 Å². The number of carboxylic acids is 1. The number of carbonyl (C=O) groups is 1. The van der Waals surface area contributed by atoms with Crippen molar-refractivity contribution in [2.45, 2.75) is 129 Å². The highest BCUT2D eigenvalue weighted by Crippen LogP contribution is 2.24. The van der Waals surface area contributed by atoms with Crippen molar-refractivity contribution in [1.82, 2.24) is 0 Å². The molecular weight excluding hydrogens is 360 g/mol. The molecule has 0 radical (unpaired) electrons. The van der Waals surface area contributed by atoms with E-state index in [1.807, 2.05) is 20.2 Å². The highest BCUT2D eigenvalue weighted by molar-refractivity contribution is 5.80. The molecule has 1 heterocycles. The molecular formula is C25H47N2O2+. The summed E-state index contributed by atoms with van der Waals surface area (Å²) in [5.74, 6) is 0.156. The van der Waals surface area contributed by atoms with Gasteiger partial charge in [-0.2, -0.15) is 0 Å². The van der Waals surface area contributed by atoms with Gasteiger partial charge >= 0.3 is 5.97 Å². The lowest BCUT2D eigenvalue weighted by Gasteiger charge is -2.32. The van der Waals surface area contributed by atoms with Crippen molar-refractivity contribution < 1.29 is 14.4 Å². The average molecular weight is 408 g/mol. The summed E-state index contributed by atoms with van der Waals surface area (Å²) in [5, 5.41) is 9.64. The van der Waals surface area contributed by atoms with E-state index >= 15 is 0 Å². The first-order valence-electron chi connectivity index (χ1n) is 12.3. The first-order valence-corrected chi connectivity index (χ1v) is 12.3. The topological polar surface area (TPSA) is 49.7 Å². The number of rotatable bonds is 19. The molecule has 0 aromatic rings. The smallest absolute Gasteiger partial charge is 0.363 e. The van der Waals surface area contributed by atoms with Crippen molar-refractivity contribution in [3.05, 3.63) is 12.4 Å². The van der Waals surface area contributed by atoms with Crippen LogP contribution in [0.1, 0.15) is 123 Å². The molecule has 1 aliphatic rings. The first-order chi connectivity index (χ1) is 14.0. The van der Waals surface area contributed by atoms with E-state index in [0.717, 1.165) is 25.1 Å². The lowest BCUT2D eigenvalue weighted by molar-refractivity contribution is -0.784. The molecule has 0 aromatic carbocycles. The van der Waals surface area contributed by atoms with Gasteiger partial charge in [-0.3, -0.25) is 0 Å². The number of hydrogen-bond acceptors (Lipinski definition) is 2. The van der Waals surface area contributed by atoms with E-state index in [9.17, 15) is 9.90 Å². The van der Waals surface area contributed by atoms with Crippen molar-refractivity contribution in [2.24, 2.45) is 4.99 Å². The Morgan fingerprint density at radius 2 is 1.28 bits per heavy atom. The summed E-state index contributed by atoms with van der Waals surface area (Å²) in [6.45, 7) is 4.20. The number of aliphatic carboxylic acids is 1. The summed E-state index contributed by atoms with van der Waals surface area (Å²) in [6.07, 6.45) is 25.8. The molecule has 0 saturated carbocycles. The van der Waals surface area contributed by atoms with Crippen molar-refractivity contribution in [3.8, 4) is 0 Å². The molecule has 0 fully saturated rings. The van der Waals surface area contributed by atoms with Gasteiger partial charge in [0.2, 0.25) is 5.84 Å². The van der Waals surface area contributed by atoms with Crippen LogP contribution in [-0.4, -0.2) is 34.5 Å². The van der Waals surface area contributed by atoms with Gasteiger partial charge in [0.05, 0.1) is 13.2 Å². The lowest BCUT2D eigenvalue weighted by atomic mass is 10.0. The van der Waals surface area contributed by atoms with Gasteiger partial charge in [0.15, 0.2) is 6.04 Å². The van der Waals surface area contributed by atoms with Crippen LogP contribution in [0.25, 0.3) is 0 Å². The summed E-state index contributed by atoms with van der Waals surface area (Å²) < 4.78 is 0.327. The van der Waals surface area contributed by atoms with Crippen LogP contribution in [0.5, 0.6) is 0 Å². The van der Waals surface area contributed by atoms with Crippen molar-refractivity contribution in [2.75, 3.05) is 7.05 Å². The van der Waals surface area contributed by atoms with Crippen LogP contribution in [-0.2, 0) is 4.79 Å². The van der Waals surface area contributed by atoms with E-state index in [0.29, 0.717) is 4.48 Å². The Balaban J connectivity index is 1.94. The maximum Gasteiger partial charge on any atom is 0.363 e. The monoisotopic (exact) mass is 407 g/mol. The predicted molar refractivity (Wildman–Crippen MR) is 124 cm³/mol. The SMILES string of the molecule is CCCCCCCCCCCCCCCCCCC(C(=O)O)[N+]1(C)C=CN=C1C. The standard InChI is InChI=1S/C25H46N2O2/c1-4-5-6-7-8-9-10-11-12-13-14-15-16-17-18-19-20-24(25(28)29)27(3)22-21-26-23(27)2/h21-22,24H,4-20H2,1-3H3/p+1. The number of amidine groups is 1. The normalized spacial score (nSPS) is 19.5. The summed E-state index contributed by atoms with van der Waals surface area (Å²) in [6, 6.07) is -0.413. The summed E-state index contributed by atoms with van der Waals surface area (Å²) in [7, 11) is 1.95. The van der Waals surface area contributed by atoms with E-state index in [1.165, 1.54) is 89.9 Å². The van der Waals surface area contributed by atoms with Crippen LogP contribution in [0.4, 0.5) is 0 Å². The fourth-order valence-corrected chi connectivity index (χ4v) is 4.35. The van der Waals surface area contributed by atoms with Crippen molar-refractivity contribution in [3.63, 3.8) is 0 Å². The molecule has 0 aliphatic carbocycles. The van der Waals surface area contributed by atoms with Gasteiger partial charge in [-0.1, -0.05) is 103 Å². The van der Waals surface area contributed by atoms with Gasteiger partial charge in [-0.15, -0.1) is 0 Å². The Hall–Kier alpha value is -1.16. The van der Waals surface area contributed by atoms with Crippen molar-refractivity contribution in [1.29, 1.82) is 0 Å². The molecule has 2 unspecified atom stereocenters. The molecule has 4 nitrogen and oxygen atoms in total. The maximum atomic E-state index is 11.7. The van der Waals surface area contributed by atoms with Gasteiger partial charge < -0.3 is 5.11 Å². The number of quaternary nitrogens is 1. The minimum Gasteiger partial charge on any atom is -0.477 e. The predicted octanol–water partition coefficient (Wildman–Crippen LogP) is 7.44. The molecule has 0 bridgehead atoms. The van der Waals surface area contributed by atoms with Crippen LogP contribution >= 0.6 is 0 Å². The molecule has 4 heteroatoms. The van der Waals surface area contributed by atoms with E-state index in [2.05, 4.69) is 11.9 Å². The van der Waals surface area contributed by atoms with Crippen LogP contribution in [0.15, 0.2) is 17.4 Å². The highest BCUT2D eigenvalue weighted by Gasteiger charge is 2.41. The van der Waals surface area contributed by atoms with E-state index in [4.69, 9.17) is 0 Å².